The van der Waals surface area contributed by atoms with Crippen molar-refractivity contribution in [2.75, 3.05) is 106 Å². The lowest BCUT2D eigenvalue weighted by Gasteiger charge is -2.33. The van der Waals surface area contributed by atoms with Gasteiger partial charge >= 0.3 is 0 Å². The second-order valence-corrected chi connectivity index (χ2v) is 5.83. The molecule has 0 radical (unpaired) electrons. The highest BCUT2D eigenvalue weighted by Crippen LogP contribution is 2.20. The van der Waals surface area contributed by atoms with Gasteiger partial charge in [-0.1, -0.05) is 0 Å². The summed E-state index contributed by atoms with van der Waals surface area (Å²) in [5.41, 5.74) is -0.627. The van der Waals surface area contributed by atoms with E-state index in [4.69, 9.17) is 48.8 Å². The van der Waals surface area contributed by atoms with E-state index in [1.807, 2.05) is 0 Å². The second-order valence-electron chi connectivity index (χ2n) is 5.83. The van der Waals surface area contributed by atoms with Gasteiger partial charge in [0.15, 0.2) is 0 Å². The van der Waals surface area contributed by atoms with Crippen LogP contribution in [0, 0.1) is 5.41 Å². The quantitative estimate of drug-likeness (QED) is 0.152. The summed E-state index contributed by atoms with van der Waals surface area (Å²) in [7, 11) is 0. The lowest BCUT2D eigenvalue weighted by Crippen LogP contribution is -2.42. The standard InChI is InChI=1S/C17H36O10/c18-1-5-22-9-11-26-15-17(13-24-7-3-20,14-25-8-4-21)16-27-12-10-23-6-2-19/h18-21H,1-16H2. The second kappa shape index (κ2) is 20.3. The molecule has 0 bridgehead atoms. The number of rotatable bonds is 22. The van der Waals surface area contributed by atoms with Crippen LogP contribution in [0.25, 0.3) is 0 Å². The SMILES string of the molecule is OCCOCCOCC(COCCO)(COCCO)COCCOCCO. The maximum absolute atomic E-state index is 8.94. The predicted octanol–water partition coefficient (Wildman–Crippen LogP) is -1.96. The first-order chi connectivity index (χ1) is 13.2. The summed E-state index contributed by atoms with van der Waals surface area (Å²) in [5, 5.41) is 35.3. The van der Waals surface area contributed by atoms with Crippen molar-refractivity contribution in [1.29, 1.82) is 0 Å². The van der Waals surface area contributed by atoms with E-state index in [0.717, 1.165) is 0 Å². The van der Waals surface area contributed by atoms with E-state index in [9.17, 15) is 0 Å². The first-order valence-corrected chi connectivity index (χ1v) is 9.14. The fourth-order valence-electron chi connectivity index (χ4n) is 2.10. The van der Waals surface area contributed by atoms with Gasteiger partial charge < -0.3 is 48.8 Å². The molecule has 10 nitrogen and oxygen atoms in total. The van der Waals surface area contributed by atoms with Gasteiger partial charge in [0.05, 0.1) is 111 Å². The maximum Gasteiger partial charge on any atom is 0.0701 e. The van der Waals surface area contributed by atoms with Gasteiger partial charge in [-0.2, -0.15) is 0 Å². The molecule has 0 aliphatic rings. The monoisotopic (exact) mass is 400 g/mol. The van der Waals surface area contributed by atoms with E-state index in [1.54, 1.807) is 0 Å². The number of aliphatic hydroxyl groups excluding tert-OH is 4. The Bertz CT molecular complexity index is 265. The van der Waals surface area contributed by atoms with Crippen LogP contribution < -0.4 is 0 Å². The molecule has 0 amide bonds. The summed E-state index contributed by atoms with van der Waals surface area (Å²) in [5.74, 6) is 0. The number of hydrogen-bond donors (Lipinski definition) is 4. The Balaban J connectivity index is 4.52. The number of ether oxygens (including phenoxy) is 6. The summed E-state index contributed by atoms with van der Waals surface area (Å²) in [6.07, 6.45) is 0. The zero-order valence-corrected chi connectivity index (χ0v) is 16.1. The third kappa shape index (κ3) is 16.3. The predicted molar refractivity (Wildman–Crippen MR) is 95.7 cm³/mol. The normalized spacial score (nSPS) is 12.0. The molecule has 0 saturated heterocycles. The lowest BCUT2D eigenvalue weighted by molar-refractivity contribution is -0.119. The van der Waals surface area contributed by atoms with Crippen LogP contribution in [0.4, 0.5) is 0 Å². The molecule has 0 aliphatic heterocycles. The van der Waals surface area contributed by atoms with Crippen LogP contribution >= 0.6 is 0 Å². The summed E-state index contributed by atoms with van der Waals surface area (Å²) < 4.78 is 32.6. The number of aliphatic hydroxyl groups is 4. The Kier molecular flexibility index (Phi) is 20.0. The fraction of sp³-hybridized carbons (Fsp3) is 1.00. The van der Waals surface area contributed by atoms with E-state index in [1.165, 1.54) is 0 Å². The third-order valence-electron chi connectivity index (χ3n) is 3.32. The largest absolute Gasteiger partial charge is 0.394 e. The van der Waals surface area contributed by atoms with E-state index >= 15 is 0 Å². The molecule has 0 unspecified atom stereocenters. The molecule has 0 aliphatic carbocycles. The van der Waals surface area contributed by atoms with Crippen molar-refractivity contribution in [3.63, 3.8) is 0 Å². The summed E-state index contributed by atoms with van der Waals surface area (Å²) in [4.78, 5) is 0. The molecule has 0 aromatic carbocycles. The van der Waals surface area contributed by atoms with Gasteiger partial charge in [-0.25, -0.2) is 0 Å². The van der Waals surface area contributed by atoms with Gasteiger partial charge in [-0.3, -0.25) is 0 Å². The number of hydrogen-bond acceptors (Lipinski definition) is 10. The average molecular weight is 400 g/mol. The molecule has 0 fully saturated rings. The Morgan fingerprint density at radius 1 is 0.370 bits per heavy atom. The van der Waals surface area contributed by atoms with Crippen molar-refractivity contribution in [3.05, 3.63) is 0 Å². The zero-order valence-electron chi connectivity index (χ0n) is 16.1. The first-order valence-electron chi connectivity index (χ1n) is 9.14. The van der Waals surface area contributed by atoms with E-state index in [-0.39, 0.29) is 79.3 Å². The molecule has 0 heterocycles. The van der Waals surface area contributed by atoms with Crippen LogP contribution in [0.5, 0.6) is 0 Å². The Labute approximate surface area is 160 Å². The van der Waals surface area contributed by atoms with Gasteiger partial charge in [0.1, 0.15) is 0 Å². The molecular weight excluding hydrogens is 364 g/mol. The highest BCUT2D eigenvalue weighted by molar-refractivity contribution is 4.79. The van der Waals surface area contributed by atoms with Gasteiger partial charge in [0.2, 0.25) is 0 Å². The van der Waals surface area contributed by atoms with Crippen LogP contribution in [-0.2, 0) is 28.4 Å². The van der Waals surface area contributed by atoms with Crippen LogP contribution in [0.15, 0.2) is 0 Å². The zero-order chi connectivity index (χ0) is 20.1. The summed E-state index contributed by atoms with van der Waals surface area (Å²) in [6.45, 7) is 2.98. The molecule has 4 N–H and O–H groups in total. The Hall–Kier alpha value is -0.400. The van der Waals surface area contributed by atoms with E-state index in [2.05, 4.69) is 0 Å². The van der Waals surface area contributed by atoms with Crippen LogP contribution in [0.1, 0.15) is 0 Å². The molecule has 164 valence electrons. The maximum atomic E-state index is 8.94. The van der Waals surface area contributed by atoms with Crippen LogP contribution in [0.3, 0.4) is 0 Å². The molecule has 0 rings (SSSR count). The van der Waals surface area contributed by atoms with Gasteiger partial charge in [-0.05, 0) is 0 Å². The first kappa shape index (κ1) is 26.6. The molecule has 0 aromatic rings. The molecule has 0 spiro atoms. The van der Waals surface area contributed by atoms with Crippen molar-refractivity contribution in [2.24, 2.45) is 5.41 Å². The molecule has 0 saturated carbocycles. The third-order valence-corrected chi connectivity index (χ3v) is 3.32. The van der Waals surface area contributed by atoms with Crippen molar-refractivity contribution in [2.45, 2.75) is 0 Å². The van der Waals surface area contributed by atoms with Gasteiger partial charge in [0, 0.05) is 0 Å². The minimum absolute atomic E-state index is 0.0415. The molecular formula is C17H36O10. The van der Waals surface area contributed by atoms with E-state index in [0.29, 0.717) is 26.4 Å². The van der Waals surface area contributed by atoms with Crippen molar-refractivity contribution >= 4 is 0 Å². The minimum Gasteiger partial charge on any atom is -0.394 e. The van der Waals surface area contributed by atoms with E-state index < -0.39 is 5.41 Å². The van der Waals surface area contributed by atoms with Gasteiger partial charge in [0.25, 0.3) is 0 Å². The summed E-state index contributed by atoms with van der Waals surface area (Å²) >= 11 is 0. The smallest absolute Gasteiger partial charge is 0.0701 e. The van der Waals surface area contributed by atoms with Crippen LogP contribution in [-0.4, -0.2) is 126 Å². The highest BCUT2D eigenvalue weighted by Gasteiger charge is 2.32. The van der Waals surface area contributed by atoms with Crippen molar-refractivity contribution < 1.29 is 48.8 Å². The van der Waals surface area contributed by atoms with Gasteiger partial charge in [-0.15, -0.1) is 0 Å². The summed E-state index contributed by atoms with van der Waals surface area (Å²) in [6, 6.07) is 0. The molecule has 0 aromatic heterocycles. The molecule has 27 heavy (non-hydrogen) atoms. The average Bonchev–Trinajstić information content (AvgIpc) is 2.67. The highest BCUT2D eigenvalue weighted by atomic mass is 16.5. The van der Waals surface area contributed by atoms with Crippen molar-refractivity contribution in [1.82, 2.24) is 0 Å². The fourth-order valence-corrected chi connectivity index (χ4v) is 2.10. The molecule has 0 atom stereocenters. The minimum atomic E-state index is -0.627. The van der Waals surface area contributed by atoms with Crippen molar-refractivity contribution in [3.8, 4) is 0 Å². The Morgan fingerprint density at radius 3 is 0.963 bits per heavy atom. The lowest BCUT2D eigenvalue weighted by atomic mass is 9.92. The molecule has 10 heteroatoms. The Morgan fingerprint density at radius 2 is 0.630 bits per heavy atom. The topological polar surface area (TPSA) is 136 Å². The van der Waals surface area contributed by atoms with Crippen LogP contribution in [0.2, 0.25) is 0 Å².